The van der Waals surface area contributed by atoms with Crippen molar-refractivity contribution >= 4 is 0 Å². The van der Waals surface area contributed by atoms with Crippen molar-refractivity contribution in [3.63, 3.8) is 0 Å². The van der Waals surface area contributed by atoms with Crippen molar-refractivity contribution in [1.29, 1.82) is 0 Å². The van der Waals surface area contributed by atoms with Gasteiger partial charge in [-0.05, 0) is 25.7 Å². The van der Waals surface area contributed by atoms with E-state index in [1.165, 1.54) is 25.7 Å². The van der Waals surface area contributed by atoms with Crippen molar-refractivity contribution in [2.24, 2.45) is 0 Å². The van der Waals surface area contributed by atoms with Crippen LogP contribution < -0.4 is 0 Å². The van der Waals surface area contributed by atoms with Gasteiger partial charge in [-0.2, -0.15) is 0 Å². The fourth-order valence-electron chi connectivity index (χ4n) is 3.57. The molecule has 0 radical (unpaired) electrons. The first-order valence-corrected chi connectivity index (χ1v) is 15.4. The van der Waals surface area contributed by atoms with E-state index >= 15 is 0 Å². The molecule has 0 aliphatic carbocycles. The number of rotatable bonds is 33. The Morgan fingerprint density at radius 1 is 0.425 bits per heavy atom. The Kier molecular flexibility index (Phi) is 31.1. The molecule has 11 heteroatoms. The highest BCUT2D eigenvalue weighted by Gasteiger charge is 2.13. The minimum Gasteiger partial charge on any atom is -0.379 e. The third-order valence-electron chi connectivity index (χ3n) is 5.79. The first-order chi connectivity index (χ1) is 19.9. The van der Waals surface area contributed by atoms with Crippen LogP contribution in [0.25, 0.3) is 0 Å². The van der Waals surface area contributed by atoms with Crippen molar-refractivity contribution in [3.8, 4) is 0 Å². The summed E-state index contributed by atoms with van der Waals surface area (Å²) in [4.78, 5) is 0. The largest absolute Gasteiger partial charge is 0.379 e. The molecule has 1 rings (SSSR count). The average molecular weight is 583 g/mol. The molecule has 0 spiro atoms. The monoisotopic (exact) mass is 582 g/mol. The number of unbranched alkanes of at least 4 members (excludes halogenated alkanes) is 3. The van der Waals surface area contributed by atoms with Crippen LogP contribution in [-0.4, -0.2) is 138 Å². The van der Waals surface area contributed by atoms with E-state index in [-0.39, 0.29) is 6.29 Å². The first kappa shape index (κ1) is 37.6. The molecule has 1 heterocycles. The van der Waals surface area contributed by atoms with Crippen LogP contribution in [0.2, 0.25) is 0 Å². The molecular formula is C29H58O11. The Bertz CT molecular complexity index is 467. The molecule has 1 atom stereocenters. The minimum atomic E-state index is -0.0597. The summed E-state index contributed by atoms with van der Waals surface area (Å²) >= 11 is 0. The fraction of sp³-hybridized carbons (Fsp3) is 1.00. The third kappa shape index (κ3) is 29.1. The molecule has 0 saturated carbocycles. The van der Waals surface area contributed by atoms with Crippen molar-refractivity contribution in [2.75, 3.05) is 132 Å². The lowest BCUT2D eigenvalue weighted by Crippen LogP contribution is -2.24. The molecule has 0 aromatic heterocycles. The molecule has 0 N–H and O–H groups in total. The Hall–Kier alpha value is -0.440. The van der Waals surface area contributed by atoms with Gasteiger partial charge in [0.1, 0.15) is 0 Å². The van der Waals surface area contributed by atoms with E-state index in [9.17, 15) is 0 Å². The highest BCUT2D eigenvalue weighted by molar-refractivity contribution is 4.53. The molecule has 1 aliphatic heterocycles. The second-order valence-electron chi connectivity index (χ2n) is 9.24. The van der Waals surface area contributed by atoms with Crippen LogP contribution in [0.15, 0.2) is 0 Å². The molecule has 0 bridgehead atoms. The molecule has 0 aromatic carbocycles. The van der Waals surface area contributed by atoms with Gasteiger partial charge < -0.3 is 52.1 Å². The summed E-state index contributed by atoms with van der Waals surface area (Å²) in [5.41, 5.74) is 0. The third-order valence-corrected chi connectivity index (χ3v) is 5.79. The summed E-state index contributed by atoms with van der Waals surface area (Å²) in [5, 5.41) is 0. The van der Waals surface area contributed by atoms with Crippen LogP contribution >= 0.6 is 0 Å². The van der Waals surface area contributed by atoms with Gasteiger partial charge in [-0.15, -0.1) is 0 Å². The second kappa shape index (κ2) is 33.1. The molecule has 0 amide bonds. The highest BCUT2D eigenvalue weighted by Crippen LogP contribution is 2.13. The predicted molar refractivity (Wildman–Crippen MR) is 151 cm³/mol. The van der Waals surface area contributed by atoms with Crippen LogP contribution in [-0.2, 0) is 52.1 Å². The van der Waals surface area contributed by atoms with E-state index in [1.807, 2.05) is 0 Å². The maximum absolute atomic E-state index is 5.60. The molecule has 11 nitrogen and oxygen atoms in total. The Labute approximate surface area is 242 Å². The zero-order valence-corrected chi connectivity index (χ0v) is 25.2. The summed E-state index contributed by atoms with van der Waals surface area (Å²) < 4.78 is 60.5. The highest BCUT2D eigenvalue weighted by atomic mass is 16.7. The van der Waals surface area contributed by atoms with Crippen LogP contribution in [0.3, 0.4) is 0 Å². The van der Waals surface area contributed by atoms with Gasteiger partial charge in [0, 0.05) is 13.2 Å². The lowest BCUT2D eigenvalue weighted by molar-refractivity contribution is -0.169. The summed E-state index contributed by atoms with van der Waals surface area (Å²) in [5.74, 6) is 0. The molecular weight excluding hydrogens is 524 g/mol. The lowest BCUT2D eigenvalue weighted by atomic mass is 10.2. The van der Waals surface area contributed by atoms with Crippen molar-refractivity contribution < 1.29 is 52.1 Å². The SMILES string of the molecule is CCCCCCOCCOCCOCCOCCOCCOCCOCCOCCOCCOC1CCCCO1. The van der Waals surface area contributed by atoms with E-state index < -0.39 is 0 Å². The zero-order valence-electron chi connectivity index (χ0n) is 25.2. The van der Waals surface area contributed by atoms with E-state index in [1.54, 1.807) is 0 Å². The van der Waals surface area contributed by atoms with Crippen LogP contribution in [0, 0.1) is 0 Å². The summed E-state index contributed by atoms with van der Waals surface area (Å²) in [7, 11) is 0. The summed E-state index contributed by atoms with van der Waals surface area (Å²) in [6, 6.07) is 0. The Morgan fingerprint density at radius 3 is 1.15 bits per heavy atom. The van der Waals surface area contributed by atoms with Gasteiger partial charge in [-0.3, -0.25) is 0 Å². The van der Waals surface area contributed by atoms with Gasteiger partial charge in [0.25, 0.3) is 0 Å². The lowest BCUT2D eigenvalue weighted by Gasteiger charge is -2.22. The molecule has 1 unspecified atom stereocenters. The zero-order chi connectivity index (χ0) is 28.4. The first-order valence-electron chi connectivity index (χ1n) is 15.4. The topological polar surface area (TPSA) is 102 Å². The molecule has 0 aromatic rings. The van der Waals surface area contributed by atoms with Crippen molar-refractivity contribution in [1.82, 2.24) is 0 Å². The second-order valence-corrected chi connectivity index (χ2v) is 9.24. The van der Waals surface area contributed by atoms with Crippen molar-refractivity contribution in [3.05, 3.63) is 0 Å². The maximum Gasteiger partial charge on any atom is 0.157 e. The van der Waals surface area contributed by atoms with Crippen LogP contribution in [0.1, 0.15) is 51.9 Å². The van der Waals surface area contributed by atoms with Gasteiger partial charge in [0.15, 0.2) is 6.29 Å². The van der Waals surface area contributed by atoms with Gasteiger partial charge in [0.05, 0.1) is 119 Å². The Morgan fingerprint density at radius 2 is 0.800 bits per heavy atom. The number of hydrogen-bond acceptors (Lipinski definition) is 11. The van der Waals surface area contributed by atoms with E-state index in [0.717, 1.165) is 32.5 Å². The van der Waals surface area contributed by atoms with E-state index in [4.69, 9.17) is 52.1 Å². The molecule has 1 fully saturated rings. The Balaban J connectivity index is 1.60. The van der Waals surface area contributed by atoms with Gasteiger partial charge >= 0.3 is 0 Å². The smallest absolute Gasteiger partial charge is 0.157 e. The molecule has 40 heavy (non-hydrogen) atoms. The van der Waals surface area contributed by atoms with Gasteiger partial charge in [-0.25, -0.2) is 0 Å². The maximum atomic E-state index is 5.60. The summed E-state index contributed by atoms with van der Waals surface area (Å²) in [6.45, 7) is 13.7. The molecule has 1 saturated heterocycles. The van der Waals surface area contributed by atoms with Crippen LogP contribution in [0.4, 0.5) is 0 Å². The summed E-state index contributed by atoms with van der Waals surface area (Å²) in [6.07, 6.45) is 8.12. The molecule has 1 aliphatic rings. The quantitative estimate of drug-likeness (QED) is 0.107. The van der Waals surface area contributed by atoms with Crippen LogP contribution in [0.5, 0.6) is 0 Å². The number of hydrogen-bond donors (Lipinski definition) is 0. The van der Waals surface area contributed by atoms with Gasteiger partial charge in [0.2, 0.25) is 0 Å². The molecule has 240 valence electrons. The van der Waals surface area contributed by atoms with Crippen molar-refractivity contribution in [2.45, 2.75) is 58.2 Å². The van der Waals surface area contributed by atoms with Gasteiger partial charge in [-0.1, -0.05) is 26.2 Å². The normalized spacial score (nSPS) is 15.7. The number of ether oxygens (including phenoxy) is 11. The average Bonchev–Trinajstić information content (AvgIpc) is 2.98. The van der Waals surface area contributed by atoms with E-state index in [0.29, 0.717) is 119 Å². The van der Waals surface area contributed by atoms with E-state index in [2.05, 4.69) is 6.92 Å². The predicted octanol–water partition coefficient (Wildman–Crippen LogP) is 3.26. The fourth-order valence-corrected chi connectivity index (χ4v) is 3.57. The minimum absolute atomic E-state index is 0.0597. The standard InChI is InChI=1S/C29H58O11/c1-2-3-4-6-9-30-11-12-31-13-14-32-15-16-33-17-18-34-19-20-35-21-22-36-23-24-37-25-26-38-27-28-40-29-8-5-7-10-39-29/h29H,2-28H2,1H3.